The number of hydrogen-bond donors (Lipinski definition) is 1. The van der Waals surface area contributed by atoms with E-state index in [9.17, 15) is 0 Å². The van der Waals surface area contributed by atoms with Gasteiger partial charge >= 0.3 is 0 Å². The Morgan fingerprint density at radius 3 is 2.63 bits per heavy atom. The number of anilines is 1. The van der Waals surface area contributed by atoms with Gasteiger partial charge in [0.2, 0.25) is 0 Å². The van der Waals surface area contributed by atoms with Crippen molar-refractivity contribution in [2.75, 3.05) is 5.32 Å². The Morgan fingerprint density at radius 2 is 2.00 bits per heavy atom. The zero-order valence-corrected chi connectivity index (χ0v) is 12.0. The van der Waals surface area contributed by atoms with E-state index in [1.165, 1.54) is 4.88 Å². The van der Waals surface area contributed by atoms with E-state index in [0.717, 1.165) is 16.3 Å². The molecule has 19 heavy (non-hydrogen) atoms. The smallest absolute Gasteiger partial charge is 0.123 e. The monoisotopic (exact) mass is 287 g/mol. The molecule has 0 radical (unpaired) electrons. The molecule has 96 valence electrons. The molecule has 3 nitrogen and oxygen atoms in total. The first-order chi connectivity index (χ1) is 9.33. The van der Waals surface area contributed by atoms with E-state index in [2.05, 4.69) is 46.5 Å². The van der Waals surface area contributed by atoms with Crippen LogP contribution in [0.1, 0.15) is 17.8 Å². The van der Waals surface area contributed by atoms with Crippen LogP contribution in [0.15, 0.2) is 47.5 Å². The minimum atomic E-state index is 0.276. The molecule has 1 N–H and O–H groups in total. The average Bonchev–Trinajstić information content (AvgIpc) is 3.13. The van der Waals surface area contributed by atoms with Gasteiger partial charge in [-0.15, -0.1) is 22.7 Å². The van der Waals surface area contributed by atoms with Crippen LogP contribution in [-0.2, 0) is 0 Å². The molecule has 1 atom stereocenters. The Hall–Kier alpha value is -1.72. The zero-order valence-electron chi connectivity index (χ0n) is 10.4. The van der Waals surface area contributed by atoms with Crippen molar-refractivity contribution in [1.82, 2.24) is 9.97 Å². The standard InChI is InChI=1S/C14H13N3S2/c1-10(13-8-15-9-19-13)17-12-4-2-11(3-5-12)14-16-6-7-18-14/h2-10,17H,1H3. The van der Waals surface area contributed by atoms with Gasteiger partial charge in [-0.3, -0.25) is 4.98 Å². The molecule has 2 aromatic heterocycles. The van der Waals surface area contributed by atoms with Gasteiger partial charge < -0.3 is 5.32 Å². The Kier molecular flexibility index (Phi) is 3.57. The van der Waals surface area contributed by atoms with E-state index in [4.69, 9.17) is 0 Å². The first-order valence-electron chi connectivity index (χ1n) is 5.98. The molecular weight excluding hydrogens is 274 g/mol. The predicted octanol–water partition coefficient (Wildman–Crippen LogP) is 4.44. The quantitative estimate of drug-likeness (QED) is 0.771. The van der Waals surface area contributed by atoms with E-state index in [1.807, 2.05) is 23.3 Å². The van der Waals surface area contributed by atoms with Gasteiger partial charge in [0, 0.05) is 33.9 Å². The summed E-state index contributed by atoms with van der Waals surface area (Å²) in [5.41, 5.74) is 4.13. The van der Waals surface area contributed by atoms with Crippen molar-refractivity contribution in [3.63, 3.8) is 0 Å². The molecule has 3 rings (SSSR count). The van der Waals surface area contributed by atoms with Gasteiger partial charge in [0.1, 0.15) is 5.01 Å². The molecule has 3 aromatic rings. The molecule has 2 heterocycles. The van der Waals surface area contributed by atoms with Crippen LogP contribution >= 0.6 is 22.7 Å². The molecule has 5 heteroatoms. The molecule has 1 aromatic carbocycles. The average molecular weight is 287 g/mol. The van der Waals surface area contributed by atoms with E-state index in [-0.39, 0.29) is 6.04 Å². The summed E-state index contributed by atoms with van der Waals surface area (Å²) in [6.45, 7) is 2.14. The third kappa shape index (κ3) is 2.83. The highest BCUT2D eigenvalue weighted by Gasteiger charge is 2.07. The number of aromatic nitrogens is 2. The van der Waals surface area contributed by atoms with E-state index in [1.54, 1.807) is 22.7 Å². The summed E-state index contributed by atoms with van der Waals surface area (Å²) >= 11 is 3.33. The molecule has 0 amide bonds. The minimum absolute atomic E-state index is 0.276. The van der Waals surface area contributed by atoms with Gasteiger partial charge in [-0.25, -0.2) is 4.98 Å². The number of nitrogens with one attached hydrogen (secondary N) is 1. The van der Waals surface area contributed by atoms with E-state index in [0.29, 0.717) is 0 Å². The SMILES string of the molecule is CC(Nc1ccc(-c2nccs2)cc1)c1cncs1. The topological polar surface area (TPSA) is 37.8 Å². The highest BCUT2D eigenvalue weighted by atomic mass is 32.1. The summed E-state index contributed by atoms with van der Waals surface area (Å²) < 4.78 is 0. The number of benzene rings is 1. The van der Waals surface area contributed by atoms with Crippen LogP contribution in [0.2, 0.25) is 0 Å². The Bertz CT molecular complexity index is 615. The maximum atomic E-state index is 4.31. The van der Waals surface area contributed by atoms with Gasteiger partial charge in [-0.05, 0) is 31.2 Å². The molecule has 0 saturated carbocycles. The Morgan fingerprint density at radius 1 is 1.16 bits per heavy atom. The van der Waals surface area contributed by atoms with Gasteiger partial charge in [0.05, 0.1) is 11.6 Å². The van der Waals surface area contributed by atoms with Crippen LogP contribution < -0.4 is 5.32 Å². The summed E-state index contributed by atoms with van der Waals surface area (Å²) in [6, 6.07) is 8.65. The molecule has 0 aliphatic rings. The molecule has 0 aliphatic carbocycles. The maximum Gasteiger partial charge on any atom is 0.123 e. The summed E-state index contributed by atoms with van der Waals surface area (Å²) in [5, 5.41) is 6.52. The van der Waals surface area contributed by atoms with Crippen molar-refractivity contribution >= 4 is 28.4 Å². The van der Waals surface area contributed by atoms with Crippen LogP contribution in [0, 0.1) is 0 Å². The Labute approximate surface area is 120 Å². The van der Waals surface area contributed by atoms with Crippen molar-refractivity contribution in [1.29, 1.82) is 0 Å². The maximum absolute atomic E-state index is 4.31. The second-order valence-electron chi connectivity index (χ2n) is 4.18. The fourth-order valence-electron chi connectivity index (χ4n) is 1.84. The molecule has 0 saturated heterocycles. The second kappa shape index (κ2) is 5.50. The Balaban J connectivity index is 1.73. The van der Waals surface area contributed by atoms with Crippen LogP contribution in [-0.4, -0.2) is 9.97 Å². The minimum Gasteiger partial charge on any atom is -0.378 e. The van der Waals surface area contributed by atoms with Gasteiger partial charge in [-0.2, -0.15) is 0 Å². The predicted molar refractivity (Wildman–Crippen MR) is 81.7 cm³/mol. The molecular formula is C14H13N3S2. The number of nitrogens with zero attached hydrogens (tertiary/aromatic N) is 2. The second-order valence-corrected chi connectivity index (χ2v) is 6.00. The number of rotatable bonds is 4. The molecule has 0 fully saturated rings. The van der Waals surface area contributed by atoms with Crippen LogP contribution in [0.4, 0.5) is 5.69 Å². The largest absolute Gasteiger partial charge is 0.378 e. The molecule has 1 unspecified atom stereocenters. The fraction of sp³-hybridized carbons (Fsp3) is 0.143. The van der Waals surface area contributed by atoms with Gasteiger partial charge in [0.15, 0.2) is 0 Å². The highest BCUT2D eigenvalue weighted by Crippen LogP contribution is 2.26. The van der Waals surface area contributed by atoms with Crippen LogP contribution in [0.3, 0.4) is 0 Å². The lowest BCUT2D eigenvalue weighted by atomic mass is 10.2. The molecule has 0 spiro atoms. The van der Waals surface area contributed by atoms with Crippen molar-refractivity contribution in [2.45, 2.75) is 13.0 Å². The normalized spacial score (nSPS) is 12.3. The van der Waals surface area contributed by atoms with Crippen molar-refractivity contribution < 1.29 is 0 Å². The van der Waals surface area contributed by atoms with Crippen molar-refractivity contribution in [3.05, 3.63) is 52.4 Å². The lowest BCUT2D eigenvalue weighted by Crippen LogP contribution is -2.04. The zero-order chi connectivity index (χ0) is 13.1. The van der Waals surface area contributed by atoms with E-state index < -0.39 is 0 Å². The highest BCUT2D eigenvalue weighted by molar-refractivity contribution is 7.13. The summed E-state index contributed by atoms with van der Waals surface area (Å²) in [6.07, 6.45) is 3.74. The summed E-state index contributed by atoms with van der Waals surface area (Å²) in [7, 11) is 0. The summed E-state index contributed by atoms with van der Waals surface area (Å²) in [5.74, 6) is 0. The van der Waals surface area contributed by atoms with Crippen molar-refractivity contribution in [2.24, 2.45) is 0 Å². The van der Waals surface area contributed by atoms with E-state index >= 15 is 0 Å². The third-order valence-corrected chi connectivity index (χ3v) is 4.61. The van der Waals surface area contributed by atoms with Crippen molar-refractivity contribution in [3.8, 4) is 10.6 Å². The summed E-state index contributed by atoms with van der Waals surface area (Å²) in [4.78, 5) is 9.65. The first-order valence-corrected chi connectivity index (χ1v) is 7.74. The number of thiazole rings is 2. The van der Waals surface area contributed by atoms with Crippen LogP contribution in [0.25, 0.3) is 10.6 Å². The lowest BCUT2D eigenvalue weighted by Gasteiger charge is -2.13. The van der Waals surface area contributed by atoms with Crippen LogP contribution in [0.5, 0.6) is 0 Å². The van der Waals surface area contributed by atoms with Gasteiger partial charge in [-0.1, -0.05) is 0 Å². The third-order valence-electron chi connectivity index (χ3n) is 2.83. The first kappa shape index (κ1) is 12.3. The molecule has 0 bridgehead atoms. The van der Waals surface area contributed by atoms with Gasteiger partial charge in [0.25, 0.3) is 0 Å². The molecule has 0 aliphatic heterocycles. The fourth-order valence-corrected chi connectivity index (χ4v) is 3.11. The lowest BCUT2D eigenvalue weighted by molar-refractivity contribution is 0.904. The number of hydrogen-bond acceptors (Lipinski definition) is 5.